The normalized spacial score (nSPS) is 22.8. The van der Waals surface area contributed by atoms with E-state index in [0.717, 1.165) is 6.54 Å². The molecule has 0 aromatic heterocycles. The van der Waals surface area contributed by atoms with Gasteiger partial charge in [-0.05, 0) is 18.3 Å². The molecule has 10 heavy (non-hydrogen) atoms. The molecule has 0 radical (unpaired) electrons. The Labute approximate surface area is 63.6 Å². The number of hydrogen-bond donors (Lipinski definition) is 1. The molecular weight excluding hydrogens is 124 g/mol. The molecule has 0 atom stereocenters. The Morgan fingerprint density at radius 2 is 2.00 bits per heavy atom. The van der Waals surface area contributed by atoms with Crippen molar-refractivity contribution in [3.05, 3.63) is 0 Å². The van der Waals surface area contributed by atoms with Crippen LogP contribution in [0, 0.1) is 5.41 Å². The van der Waals surface area contributed by atoms with Crippen molar-refractivity contribution in [2.45, 2.75) is 26.2 Å². The maximum absolute atomic E-state index is 3.32. The van der Waals surface area contributed by atoms with Crippen molar-refractivity contribution in [1.29, 1.82) is 0 Å². The molecule has 0 aliphatic heterocycles. The standard InChI is InChI=1S/C8H18N2/c1-8(5-4-6-8)7-9-10(2)3/h9H,4-7H2,1-3H3. The van der Waals surface area contributed by atoms with Gasteiger partial charge in [0.1, 0.15) is 0 Å². The fraction of sp³-hybridized carbons (Fsp3) is 1.00. The predicted molar refractivity (Wildman–Crippen MR) is 43.6 cm³/mol. The SMILES string of the molecule is CN(C)NCC1(C)CCC1. The fourth-order valence-corrected chi connectivity index (χ4v) is 1.31. The van der Waals surface area contributed by atoms with Crippen LogP contribution in [0.25, 0.3) is 0 Å². The first-order valence-corrected chi connectivity index (χ1v) is 4.03. The van der Waals surface area contributed by atoms with Gasteiger partial charge in [-0.15, -0.1) is 0 Å². The van der Waals surface area contributed by atoms with E-state index in [1.807, 2.05) is 19.1 Å². The lowest BCUT2D eigenvalue weighted by atomic mass is 9.70. The summed E-state index contributed by atoms with van der Waals surface area (Å²) in [5, 5.41) is 2.03. The third-order valence-electron chi connectivity index (χ3n) is 2.38. The molecule has 60 valence electrons. The van der Waals surface area contributed by atoms with Crippen LogP contribution in [0.4, 0.5) is 0 Å². The van der Waals surface area contributed by atoms with Crippen LogP contribution in [0.2, 0.25) is 0 Å². The van der Waals surface area contributed by atoms with E-state index in [0.29, 0.717) is 5.41 Å². The minimum Gasteiger partial charge on any atom is -0.255 e. The minimum absolute atomic E-state index is 0.601. The summed E-state index contributed by atoms with van der Waals surface area (Å²) >= 11 is 0. The number of hydrazine groups is 1. The van der Waals surface area contributed by atoms with Gasteiger partial charge in [-0.2, -0.15) is 0 Å². The summed E-state index contributed by atoms with van der Waals surface area (Å²) in [7, 11) is 4.09. The first-order chi connectivity index (χ1) is 4.62. The molecule has 0 aromatic rings. The number of hydrogen-bond acceptors (Lipinski definition) is 2. The first kappa shape index (κ1) is 8.02. The van der Waals surface area contributed by atoms with Crippen LogP contribution < -0.4 is 5.43 Å². The monoisotopic (exact) mass is 142 g/mol. The summed E-state index contributed by atoms with van der Waals surface area (Å²) < 4.78 is 0. The quantitative estimate of drug-likeness (QED) is 0.596. The Balaban J connectivity index is 2.12. The van der Waals surface area contributed by atoms with E-state index in [9.17, 15) is 0 Å². The van der Waals surface area contributed by atoms with Crippen LogP contribution in [0.3, 0.4) is 0 Å². The molecule has 1 fully saturated rings. The Kier molecular flexibility index (Phi) is 2.32. The molecule has 1 aliphatic rings. The third kappa shape index (κ3) is 1.96. The van der Waals surface area contributed by atoms with Crippen molar-refractivity contribution in [2.24, 2.45) is 5.41 Å². The topological polar surface area (TPSA) is 15.3 Å². The zero-order valence-corrected chi connectivity index (χ0v) is 7.28. The molecule has 1 saturated carbocycles. The molecule has 1 aliphatic carbocycles. The zero-order chi connectivity index (χ0) is 7.61. The Morgan fingerprint density at radius 1 is 1.40 bits per heavy atom. The maximum Gasteiger partial charge on any atom is 0.0156 e. The molecule has 2 heteroatoms. The lowest BCUT2D eigenvalue weighted by molar-refractivity contribution is 0.118. The zero-order valence-electron chi connectivity index (χ0n) is 7.28. The Hall–Kier alpha value is -0.0800. The molecule has 0 bridgehead atoms. The number of rotatable bonds is 3. The van der Waals surface area contributed by atoms with Gasteiger partial charge >= 0.3 is 0 Å². The summed E-state index contributed by atoms with van der Waals surface area (Å²) in [6, 6.07) is 0. The molecule has 2 nitrogen and oxygen atoms in total. The van der Waals surface area contributed by atoms with E-state index in [-0.39, 0.29) is 0 Å². The second kappa shape index (κ2) is 2.89. The summed E-state index contributed by atoms with van der Waals surface area (Å²) in [6.07, 6.45) is 4.22. The van der Waals surface area contributed by atoms with Crippen molar-refractivity contribution in [3.63, 3.8) is 0 Å². The van der Waals surface area contributed by atoms with Crippen LogP contribution in [-0.4, -0.2) is 25.6 Å². The van der Waals surface area contributed by atoms with E-state index in [1.165, 1.54) is 19.3 Å². The molecule has 0 heterocycles. The summed E-state index contributed by atoms with van der Waals surface area (Å²) in [5.74, 6) is 0. The van der Waals surface area contributed by atoms with Gasteiger partial charge < -0.3 is 0 Å². The van der Waals surface area contributed by atoms with Crippen LogP contribution >= 0.6 is 0 Å². The van der Waals surface area contributed by atoms with E-state index in [1.54, 1.807) is 0 Å². The highest BCUT2D eigenvalue weighted by molar-refractivity contribution is 4.84. The number of nitrogens with one attached hydrogen (secondary N) is 1. The van der Waals surface area contributed by atoms with E-state index in [4.69, 9.17) is 0 Å². The predicted octanol–water partition coefficient (Wildman–Crippen LogP) is 1.24. The van der Waals surface area contributed by atoms with Crippen molar-refractivity contribution < 1.29 is 0 Å². The van der Waals surface area contributed by atoms with Crippen molar-refractivity contribution in [1.82, 2.24) is 10.4 Å². The molecule has 0 amide bonds. The molecule has 0 aromatic carbocycles. The van der Waals surface area contributed by atoms with Crippen molar-refractivity contribution in [3.8, 4) is 0 Å². The lowest BCUT2D eigenvalue weighted by Gasteiger charge is -2.39. The highest BCUT2D eigenvalue weighted by atomic mass is 15.5. The van der Waals surface area contributed by atoms with Crippen LogP contribution in [-0.2, 0) is 0 Å². The van der Waals surface area contributed by atoms with Gasteiger partial charge in [0.2, 0.25) is 0 Å². The molecular formula is C8H18N2. The van der Waals surface area contributed by atoms with Gasteiger partial charge in [-0.3, -0.25) is 10.4 Å². The second-order valence-corrected chi connectivity index (χ2v) is 3.89. The van der Waals surface area contributed by atoms with Crippen LogP contribution in [0.5, 0.6) is 0 Å². The Bertz CT molecular complexity index is 106. The van der Waals surface area contributed by atoms with Gasteiger partial charge in [0.05, 0.1) is 0 Å². The van der Waals surface area contributed by atoms with Gasteiger partial charge in [-0.25, -0.2) is 0 Å². The summed E-state index contributed by atoms with van der Waals surface area (Å²) in [4.78, 5) is 0. The summed E-state index contributed by atoms with van der Waals surface area (Å²) in [6.45, 7) is 3.49. The average Bonchev–Trinajstić information content (AvgIpc) is 1.79. The maximum atomic E-state index is 3.32. The van der Waals surface area contributed by atoms with E-state index < -0.39 is 0 Å². The summed E-state index contributed by atoms with van der Waals surface area (Å²) in [5.41, 5.74) is 3.92. The van der Waals surface area contributed by atoms with Crippen molar-refractivity contribution >= 4 is 0 Å². The smallest absolute Gasteiger partial charge is 0.0156 e. The lowest BCUT2D eigenvalue weighted by Crippen LogP contribution is -2.42. The van der Waals surface area contributed by atoms with Gasteiger partial charge in [0.25, 0.3) is 0 Å². The minimum atomic E-state index is 0.601. The molecule has 1 N–H and O–H groups in total. The van der Waals surface area contributed by atoms with Gasteiger partial charge in [0, 0.05) is 20.6 Å². The number of nitrogens with zero attached hydrogens (tertiary/aromatic N) is 1. The molecule has 0 saturated heterocycles. The molecule has 0 unspecified atom stereocenters. The first-order valence-electron chi connectivity index (χ1n) is 4.03. The highest BCUT2D eigenvalue weighted by Gasteiger charge is 2.31. The largest absolute Gasteiger partial charge is 0.255 e. The third-order valence-corrected chi connectivity index (χ3v) is 2.38. The fourth-order valence-electron chi connectivity index (χ4n) is 1.31. The average molecular weight is 142 g/mol. The van der Waals surface area contributed by atoms with Crippen molar-refractivity contribution in [2.75, 3.05) is 20.6 Å². The van der Waals surface area contributed by atoms with E-state index in [2.05, 4.69) is 12.3 Å². The van der Waals surface area contributed by atoms with E-state index >= 15 is 0 Å². The molecule has 0 spiro atoms. The van der Waals surface area contributed by atoms with Gasteiger partial charge in [0.15, 0.2) is 0 Å². The Morgan fingerprint density at radius 3 is 2.30 bits per heavy atom. The van der Waals surface area contributed by atoms with Crippen LogP contribution in [0.1, 0.15) is 26.2 Å². The van der Waals surface area contributed by atoms with Gasteiger partial charge in [-0.1, -0.05) is 13.3 Å². The second-order valence-electron chi connectivity index (χ2n) is 3.89. The molecule has 1 rings (SSSR count). The van der Waals surface area contributed by atoms with Crippen LogP contribution in [0.15, 0.2) is 0 Å². The highest BCUT2D eigenvalue weighted by Crippen LogP contribution is 2.39.